The van der Waals surface area contributed by atoms with E-state index in [1.54, 1.807) is 13.0 Å². The van der Waals surface area contributed by atoms with Crippen molar-refractivity contribution in [2.24, 2.45) is 0 Å². The molecular formula is C10H9BrN2O3S2. The molecule has 0 bridgehead atoms. The maximum absolute atomic E-state index is 12.0. The zero-order valence-electron chi connectivity index (χ0n) is 9.21. The summed E-state index contributed by atoms with van der Waals surface area (Å²) in [6.07, 6.45) is 1.29. The number of sulfonamides is 1. The second-order valence-electron chi connectivity index (χ2n) is 3.47. The summed E-state index contributed by atoms with van der Waals surface area (Å²) in [5.41, 5.74) is 0.121. The third-order valence-electron chi connectivity index (χ3n) is 2.07. The van der Waals surface area contributed by atoms with Gasteiger partial charge in [0.15, 0.2) is 4.21 Å². The summed E-state index contributed by atoms with van der Waals surface area (Å²) in [6.45, 7) is 1.72. The predicted molar refractivity (Wildman–Crippen MR) is 73.5 cm³/mol. The molecule has 0 unspecified atom stereocenters. The molecule has 0 fully saturated rings. The quantitative estimate of drug-likeness (QED) is 0.835. The number of nitrogens with one attached hydrogen (secondary N) is 1. The van der Waals surface area contributed by atoms with E-state index in [9.17, 15) is 13.5 Å². The van der Waals surface area contributed by atoms with Gasteiger partial charge >= 0.3 is 0 Å². The number of nitrogens with zero attached hydrogens (tertiary/aromatic N) is 1. The summed E-state index contributed by atoms with van der Waals surface area (Å²) in [5, 5.41) is 10.3. The summed E-state index contributed by atoms with van der Waals surface area (Å²) >= 11 is 4.28. The van der Waals surface area contributed by atoms with Crippen LogP contribution in [-0.2, 0) is 10.0 Å². The number of phenols is 1. The average Bonchev–Trinajstić information content (AvgIpc) is 2.71. The van der Waals surface area contributed by atoms with Crippen molar-refractivity contribution in [3.05, 3.63) is 33.9 Å². The summed E-state index contributed by atoms with van der Waals surface area (Å²) < 4.78 is 27.1. The number of phenolic OH excluding ortho intramolecular Hbond substituents is 1. The standard InChI is InChI=1S/C10H9BrN2O3S2/c1-6-12-5-10(17-6)18(15,16)13-8-4-7(11)2-3-9(8)14/h2-5,13-14H,1H3. The molecule has 1 aromatic heterocycles. The van der Waals surface area contributed by atoms with Crippen LogP contribution in [0.15, 0.2) is 33.1 Å². The van der Waals surface area contributed by atoms with Crippen LogP contribution in [0.1, 0.15) is 5.01 Å². The molecule has 2 N–H and O–H groups in total. The maximum atomic E-state index is 12.0. The summed E-state index contributed by atoms with van der Waals surface area (Å²) in [5.74, 6) is -0.136. The molecule has 0 saturated carbocycles. The maximum Gasteiger partial charge on any atom is 0.273 e. The van der Waals surface area contributed by atoms with Crippen molar-refractivity contribution in [2.45, 2.75) is 11.1 Å². The molecular weight excluding hydrogens is 340 g/mol. The van der Waals surface area contributed by atoms with Gasteiger partial charge in [0.05, 0.1) is 16.9 Å². The SMILES string of the molecule is Cc1ncc(S(=O)(=O)Nc2cc(Br)ccc2O)s1. The van der Waals surface area contributed by atoms with Crippen LogP contribution in [-0.4, -0.2) is 18.5 Å². The van der Waals surface area contributed by atoms with Crippen LogP contribution in [0.3, 0.4) is 0 Å². The minimum absolute atomic E-state index is 0.111. The van der Waals surface area contributed by atoms with E-state index in [1.165, 1.54) is 18.3 Å². The molecule has 0 radical (unpaired) electrons. The number of anilines is 1. The first kappa shape index (κ1) is 13.3. The van der Waals surface area contributed by atoms with Crippen molar-refractivity contribution in [2.75, 3.05) is 4.72 Å². The van der Waals surface area contributed by atoms with Gasteiger partial charge < -0.3 is 5.11 Å². The second-order valence-corrected chi connectivity index (χ2v) is 7.52. The van der Waals surface area contributed by atoms with Crippen LogP contribution in [0.25, 0.3) is 0 Å². The number of thiazole rings is 1. The Bertz CT molecular complexity index is 682. The lowest BCUT2D eigenvalue weighted by Crippen LogP contribution is -2.11. The molecule has 0 amide bonds. The molecule has 0 aliphatic rings. The predicted octanol–water partition coefficient (Wildman–Crippen LogP) is 2.72. The van der Waals surface area contributed by atoms with Gasteiger partial charge in [0.2, 0.25) is 0 Å². The number of rotatable bonds is 3. The average molecular weight is 349 g/mol. The zero-order chi connectivity index (χ0) is 13.3. The zero-order valence-corrected chi connectivity index (χ0v) is 12.4. The van der Waals surface area contributed by atoms with E-state index < -0.39 is 10.0 Å². The minimum atomic E-state index is -3.71. The molecule has 5 nitrogen and oxygen atoms in total. The van der Waals surface area contributed by atoms with Crippen molar-refractivity contribution >= 4 is 43.0 Å². The summed E-state index contributed by atoms with van der Waals surface area (Å²) in [4.78, 5) is 3.89. The highest BCUT2D eigenvalue weighted by Crippen LogP contribution is 2.30. The number of halogens is 1. The Labute approximate surface area is 117 Å². The molecule has 8 heteroatoms. The van der Waals surface area contributed by atoms with E-state index in [4.69, 9.17) is 0 Å². The van der Waals surface area contributed by atoms with Crippen molar-refractivity contribution in [1.29, 1.82) is 0 Å². The minimum Gasteiger partial charge on any atom is -0.506 e. The molecule has 0 saturated heterocycles. The van der Waals surface area contributed by atoms with Gasteiger partial charge in [-0.1, -0.05) is 15.9 Å². The van der Waals surface area contributed by atoms with Gasteiger partial charge in [-0.2, -0.15) is 0 Å². The first-order valence-electron chi connectivity index (χ1n) is 4.82. The molecule has 0 aliphatic heterocycles. The molecule has 0 spiro atoms. The van der Waals surface area contributed by atoms with Gasteiger partial charge in [-0.15, -0.1) is 11.3 Å². The Morgan fingerprint density at radius 3 is 2.78 bits per heavy atom. The van der Waals surface area contributed by atoms with Gasteiger partial charge in [0, 0.05) is 4.47 Å². The van der Waals surface area contributed by atoms with E-state index in [2.05, 4.69) is 25.6 Å². The fourth-order valence-electron chi connectivity index (χ4n) is 1.25. The van der Waals surface area contributed by atoms with Crippen LogP contribution in [0.4, 0.5) is 5.69 Å². The summed E-state index contributed by atoms with van der Waals surface area (Å²) in [6, 6.07) is 4.50. The summed E-state index contributed by atoms with van der Waals surface area (Å²) in [7, 11) is -3.71. The molecule has 1 aromatic carbocycles. The van der Waals surface area contributed by atoms with Crippen molar-refractivity contribution in [1.82, 2.24) is 4.98 Å². The van der Waals surface area contributed by atoms with E-state index in [1.807, 2.05) is 0 Å². The number of hydrogen-bond acceptors (Lipinski definition) is 5. The van der Waals surface area contributed by atoms with Crippen LogP contribution in [0.5, 0.6) is 5.75 Å². The number of benzene rings is 1. The van der Waals surface area contributed by atoms with Gasteiger partial charge in [-0.3, -0.25) is 4.72 Å². The van der Waals surface area contributed by atoms with Crippen LogP contribution >= 0.6 is 27.3 Å². The largest absolute Gasteiger partial charge is 0.506 e. The van der Waals surface area contributed by atoms with E-state index in [0.717, 1.165) is 11.3 Å². The van der Waals surface area contributed by atoms with Crippen LogP contribution in [0.2, 0.25) is 0 Å². The fourth-order valence-corrected chi connectivity index (χ4v) is 3.78. The van der Waals surface area contributed by atoms with E-state index in [0.29, 0.717) is 9.48 Å². The molecule has 18 heavy (non-hydrogen) atoms. The Morgan fingerprint density at radius 2 is 2.17 bits per heavy atom. The molecule has 0 aliphatic carbocycles. The number of aryl methyl sites for hydroxylation is 1. The number of aromatic hydroxyl groups is 1. The molecule has 2 aromatic rings. The third kappa shape index (κ3) is 2.82. The lowest BCUT2D eigenvalue weighted by Gasteiger charge is -2.08. The van der Waals surface area contributed by atoms with Gasteiger partial charge in [0.25, 0.3) is 10.0 Å². The first-order chi connectivity index (χ1) is 8.38. The molecule has 2 rings (SSSR count). The van der Waals surface area contributed by atoms with Crippen molar-refractivity contribution in [3.8, 4) is 5.75 Å². The lowest BCUT2D eigenvalue weighted by atomic mass is 10.3. The van der Waals surface area contributed by atoms with E-state index >= 15 is 0 Å². The molecule has 0 atom stereocenters. The normalized spacial score (nSPS) is 11.4. The Hall–Kier alpha value is -1.12. The van der Waals surface area contributed by atoms with Crippen molar-refractivity contribution in [3.63, 3.8) is 0 Å². The Kier molecular flexibility index (Phi) is 3.60. The first-order valence-corrected chi connectivity index (χ1v) is 7.91. The van der Waals surface area contributed by atoms with Crippen molar-refractivity contribution < 1.29 is 13.5 Å². The van der Waals surface area contributed by atoms with Gasteiger partial charge in [0.1, 0.15) is 5.75 Å². The lowest BCUT2D eigenvalue weighted by molar-refractivity contribution is 0.477. The second kappa shape index (κ2) is 4.87. The van der Waals surface area contributed by atoms with Crippen LogP contribution in [0, 0.1) is 6.92 Å². The van der Waals surface area contributed by atoms with Crippen LogP contribution < -0.4 is 4.72 Å². The van der Waals surface area contributed by atoms with Gasteiger partial charge in [-0.05, 0) is 25.1 Å². The topological polar surface area (TPSA) is 79.3 Å². The number of hydrogen-bond donors (Lipinski definition) is 2. The van der Waals surface area contributed by atoms with E-state index in [-0.39, 0.29) is 15.6 Å². The smallest absolute Gasteiger partial charge is 0.273 e. The highest BCUT2D eigenvalue weighted by atomic mass is 79.9. The van der Waals surface area contributed by atoms with Gasteiger partial charge in [-0.25, -0.2) is 13.4 Å². The highest BCUT2D eigenvalue weighted by molar-refractivity contribution is 9.10. The molecule has 96 valence electrons. The number of aromatic nitrogens is 1. The Balaban J connectivity index is 2.36. The highest BCUT2D eigenvalue weighted by Gasteiger charge is 2.18. The monoisotopic (exact) mass is 348 g/mol. The third-order valence-corrected chi connectivity index (χ3v) is 5.30. The Morgan fingerprint density at radius 1 is 1.44 bits per heavy atom. The fraction of sp³-hybridized carbons (Fsp3) is 0.100. The molecule has 1 heterocycles.